The van der Waals surface area contributed by atoms with Crippen LogP contribution in [-0.4, -0.2) is 59.5 Å². The van der Waals surface area contributed by atoms with Gasteiger partial charge >= 0.3 is 0 Å². The zero-order valence-corrected chi connectivity index (χ0v) is 28.4. The summed E-state index contributed by atoms with van der Waals surface area (Å²) in [6.07, 6.45) is 9.75. The Bertz CT molecular complexity index is 1030. The van der Waals surface area contributed by atoms with E-state index in [1.165, 1.54) is 13.3 Å². The van der Waals surface area contributed by atoms with E-state index < -0.39 is 30.1 Å². The number of carbonyl (C=O) groups is 4. The summed E-state index contributed by atoms with van der Waals surface area (Å²) in [5.74, 6) is -1.11. The van der Waals surface area contributed by atoms with E-state index in [-0.39, 0.29) is 36.0 Å². The predicted octanol–water partition coefficient (Wildman–Crippen LogP) is 4.80. The quantitative estimate of drug-likeness (QED) is 0.132. The van der Waals surface area contributed by atoms with E-state index >= 15 is 0 Å². The van der Waals surface area contributed by atoms with Crippen molar-refractivity contribution in [2.24, 2.45) is 17.8 Å². The highest BCUT2D eigenvalue weighted by Crippen LogP contribution is 2.30. The van der Waals surface area contributed by atoms with Crippen LogP contribution in [-0.2, 0) is 25.6 Å². The van der Waals surface area contributed by atoms with Crippen molar-refractivity contribution in [1.82, 2.24) is 21.3 Å². The molecule has 2 rings (SSSR count). The summed E-state index contributed by atoms with van der Waals surface area (Å²) >= 11 is 0. The van der Waals surface area contributed by atoms with Crippen molar-refractivity contribution in [3.63, 3.8) is 0 Å². The summed E-state index contributed by atoms with van der Waals surface area (Å²) in [6.45, 7) is 10.1. The molecule has 1 aromatic rings. The van der Waals surface area contributed by atoms with Crippen molar-refractivity contribution in [2.45, 2.75) is 142 Å². The standard InChI is InChI=1S/C36H60N4O5/c1-6-8-20-30(39-36(45)32(38-26(5)41)23-28-18-14-11-15-19-28)35(44)40-31(22-27-16-12-10-13-17-27)33(42)24-29(25(3)4)34(43)37-21-9-7-2/h11,14-15,18-19,25,27,29-33,42H,6-10,12-13,16-17,20-24H2,1-5H3,(H,37,43)(H,38,41)(H,39,45)(H,40,44)/t29?,30-,31?,32-,33?/m0/s1. The van der Waals surface area contributed by atoms with Crippen LogP contribution >= 0.6 is 0 Å². The van der Waals surface area contributed by atoms with Gasteiger partial charge in [-0.25, -0.2) is 0 Å². The van der Waals surface area contributed by atoms with E-state index in [1.807, 2.05) is 51.1 Å². The van der Waals surface area contributed by atoms with Crippen molar-refractivity contribution < 1.29 is 24.3 Å². The first-order chi connectivity index (χ1) is 21.5. The van der Waals surface area contributed by atoms with Gasteiger partial charge in [-0.3, -0.25) is 19.2 Å². The molecule has 5 atom stereocenters. The van der Waals surface area contributed by atoms with Gasteiger partial charge in [0.05, 0.1) is 12.1 Å². The van der Waals surface area contributed by atoms with Crippen molar-refractivity contribution in [1.29, 1.82) is 0 Å². The number of amides is 4. The number of hydrogen-bond acceptors (Lipinski definition) is 5. The lowest BCUT2D eigenvalue weighted by Crippen LogP contribution is -2.57. The Morgan fingerprint density at radius 1 is 0.844 bits per heavy atom. The van der Waals surface area contributed by atoms with Crippen molar-refractivity contribution in [3.8, 4) is 0 Å². The second-order valence-electron chi connectivity index (χ2n) is 13.3. The van der Waals surface area contributed by atoms with Gasteiger partial charge in [0.2, 0.25) is 23.6 Å². The molecule has 1 aliphatic rings. The Morgan fingerprint density at radius 3 is 2.09 bits per heavy atom. The summed E-state index contributed by atoms with van der Waals surface area (Å²) < 4.78 is 0. The third-order valence-corrected chi connectivity index (χ3v) is 9.03. The molecule has 0 aliphatic heterocycles. The molecular formula is C36H60N4O5. The van der Waals surface area contributed by atoms with Crippen molar-refractivity contribution in [2.75, 3.05) is 6.54 Å². The molecule has 1 fully saturated rings. The highest BCUT2D eigenvalue weighted by Gasteiger charge is 2.34. The second kappa shape index (κ2) is 21.0. The SMILES string of the molecule is CCCCNC(=O)C(CC(O)C(CC1CCCCC1)NC(=O)[C@H](CCCC)NC(=O)[C@H](Cc1ccccc1)NC(C)=O)C(C)C. The van der Waals surface area contributed by atoms with Gasteiger partial charge in [-0.15, -0.1) is 0 Å². The van der Waals surface area contributed by atoms with E-state index in [9.17, 15) is 24.3 Å². The Hall–Kier alpha value is -2.94. The van der Waals surface area contributed by atoms with E-state index in [0.29, 0.717) is 31.7 Å². The highest BCUT2D eigenvalue weighted by atomic mass is 16.3. The molecule has 254 valence electrons. The minimum absolute atomic E-state index is 0.0271. The Labute approximate surface area is 271 Å². The average molecular weight is 629 g/mol. The molecule has 0 saturated heterocycles. The number of nitrogens with one attached hydrogen (secondary N) is 4. The van der Waals surface area contributed by atoms with Crippen LogP contribution in [0, 0.1) is 17.8 Å². The molecule has 0 heterocycles. The molecule has 0 bridgehead atoms. The zero-order valence-electron chi connectivity index (χ0n) is 28.4. The number of carbonyl (C=O) groups excluding carboxylic acids is 4. The fourth-order valence-corrected chi connectivity index (χ4v) is 6.26. The van der Waals surface area contributed by atoms with E-state index in [4.69, 9.17) is 0 Å². The van der Waals surface area contributed by atoms with Gasteiger partial charge < -0.3 is 26.4 Å². The number of aliphatic hydroxyl groups is 1. The molecule has 0 radical (unpaired) electrons. The Morgan fingerprint density at radius 2 is 1.49 bits per heavy atom. The van der Waals surface area contributed by atoms with Gasteiger partial charge in [0.1, 0.15) is 12.1 Å². The van der Waals surface area contributed by atoms with Crippen LogP contribution in [0.1, 0.15) is 117 Å². The Kier molecular flexibility index (Phi) is 17.8. The minimum Gasteiger partial charge on any atom is -0.391 e. The average Bonchev–Trinajstić information content (AvgIpc) is 3.01. The molecule has 4 amide bonds. The van der Waals surface area contributed by atoms with Crippen LogP contribution in [0.15, 0.2) is 30.3 Å². The monoisotopic (exact) mass is 628 g/mol. The minimum atomic E-state index is -0.909. The van der Waals surface area contributed by atoms with E-state index in [1.54, 1.807) is 0 Å². The molecular weight excluding hydrogens is 568 g/mol. The molecule has 9 nitrogen and oxygen atoms in total. The van der Waals surface area contributed by atoms with Gasteiger partial charge in [0.25, 0.3) is 0 Å². The molecule has 3 unspecified atom stereocenters. The normalized spacial score (nSPS) is 17.0. The molecule has 0 spiro atoms. The number of unbranched alkanes of at least 4 members (excludes halogenated alkanes) is 2. The first-order valence-corrected chi connectivity index (χ1v) is 17.4. The fraction of sp³-hybridized carbons (Fsp3) is 0.722. The Balaban J connectivity index is 2.23. The van der Waals surface area contributed by atoms with Gasteiger partial charge in [-0.2, -0.15) is 0 Å². The maximum atomic E-state index is 13.9. The van der Waals surface area contributed by atoms with Gasteiger partial charge in [0, 0.05) is 25.8 Å². The summed E-state index contributed by atoms with van der Waals surface area (Å²) in [5, 5.41) is 23.4. The van der Waals surface area contributed by atoms with Crippen LogP contribution in [0.5, 0.6) is 0 Å². The third kappa shape index (κ3) is 14.4. The molecule has 5 N–H and O–H groups in total. The number of benzene rings is 1. The van der Waals surface area contributed by atoms with Crippen LogP contribution < -0.4 is 21.3 Å². The summed E-state index contributed by atoms with van der Waals surface area (Å²) in [5.41, 5.74) is 0.898. The fourth-order valence-electron chi connectivity index (χ4n) is 6.26. The largest absolute Gasteiger partial charge is 0.391 e. The maximum Gasteiger partial charge on any atom is 0.243 e. The maximum absolute atomic E-state index is 13.9. The number of rotatable bonds is 20. The molecule has 1 saturated carbocycles. The molecule has 45 heavy (non-hydrogen) atoms. The summed E-state index contributed by atoms with van der Waals surface area (Å²) in [4.78, 5) is 52.4. The van der Waals surface area contributed by atoms with Crippen LogP contribution in [0.25, 0.3) is 0 Å². The van der Waals surface area contributed by atoms with E-state index in [0.717, 1.165) is 56.9 Å². The molecule has 1 aliphatic carbocycles. The molecule has 0 aromatic heterocycles. The van der Waals surface area contributed by atoms with Crippen LogP contribution in [0.3, 0.4) is 0 Å². The van der Waals surface area contributed by atoms with Crippen LogP contribution in [0.2, 0.25) is 0 Å². The van der Waals surface area contributed by atoms with Gasteiger partial charge in [0.15, 0.2) is 0 Å². The van der Waals surface area contributed by atoms with Crippen LogP contribution in [0.4, 0.5) is 0 Å². The smallest absolute Gasteiger partial charge is 0.243 e. The molecule has 9 heteroatoms. The third-order valence-electron chi connectivity index (χ3n) is 9.03. The van der Waals surface area contributed by atoms with Crippen molar-refractivity contribution >= 4 is 23.6 Å². The number of hydrogen-bond donors (Lipinski definition) is 5. The highest BCUT2D eigenvalue weighted by molar-refractivity contribution is 5.92. The zero-order chi connectivity index (χ0) is 33.2. The van der Waals surface area contributed by atoms with E-state index in [2.05, 4.69) is 28.2 Å². The van der Waals surface area contributed by atoms with Gasteiger partial charge in [-0.05, 0) is 43.1 Å². The lowest BCUT2D eigenvalue weighted by molar-refractivity contribution is -0.132. The second-order valence-corrected chi connectivity index (χ2v) is 13.3. The van der Waals surface area contributed by atoms with Gasteiger partial charge in [-0.1, -0.05) is 109 Å². The predicted molar refractivity (Wildman–Crippen MR) is 179 cm³/mol. The lowest BCUT2D eigenvalue weighted by atomic mass is 9.81. The summed E-state index contributed by atoms with van der Waals surface area (Å²) in [6, 6.07) is 7.26. The number of aliphatic hydroxyl groups excluding tert-OH is 1. The first-order valence-electron chi connectivity index (χ1n) is 17.4. The molecule has 1 aromatic carbocycles. The van der Waals surface area contributed by atoms with Crippen molar-refractivity contribution in [3.05, 3.63) is 35.9 Å². The summed E-state index contributed by atoms with van der Waals surface area (Å²) in [7, 11) is 0. The topological polar surface area (TPSA) is 137 Å². The lowest BCUT2D eigenvalue weighted by Gasteiger charge is -2.33. The first kappa shape index (κ1) is 38.2.